The van der Waals surface area contributed by atoms with Crippen molar-refractivity contribution >= 4 is 11.4 Å². The Morgan fingerprint density at radius 1 is 1.40 bits per heavy atom. The lowest BCUT2D eigenvalue weighted by Crippen LogP contribution is -2.34. The number of rotatable bonds is 4. The minimum atomic E-state index is -0.358. The van der Waals surface area contributed by atoms with Gasteiger partial charge in [0, 0.05) is 30.4 Å². The van der Waals surface area contributed by atoms with Gasteiger partial charge in [-0.3, -0.25) is 15.0 Å². The molecule has 1 aromatic rings. The topological polar surface area (TPSA) is 72.4 Å². The van der Waals surface area contributed by atoms with Crippen molar-refractivity contribution in [3.8, 4) is 0 Å². The minimum Gasteiger partial charge on any atom is -0.398 e. The van der Waals surface area contributed by atoms with E-state index in [-0.39, 0.29) is 10.6 Å². The van der Waals surface area contributed by atoms with Gasteiger partial charge in [-0.1, -0.05) is 19.8 Å². The molecule has 1 atom stereocenters. The Morgan fingerprint density at radius 2 is 2.20 bits per heavy atom. The van der Waals surface area contributed by atoms with Gasteiger partial charge in [0.05, 0.1) is 4.92 Å². The first-order valence-electron chi connectivity index (χ1n) is 7.38. The molecule has 0 aliphatic carbocycles. The summed E-state index contributed by atoms with van der Waals surface area (Å²) in [5.74, 6) is 0. The summed E-state index contributed by atoms with van der Waals surface area (Å²) in [6.07, 6.45) is 6.09. The maximum absolute atomic E-state index is 10.9. The molecular formula is C15H23N3O2. The fourth-order valence-corrected chi connectivity index (χ4v) is 2.97. The highest BCUT2D eigenvalue weighted by atomic mass is 16.6. The summed E-state index contributed by atoms with van der Waals surface area (Å²) in [6.45, 7) is 3.98. The Hall–Kier alpha value is -1.62. The molecule has 5 heteroatoms. The molecule has 5 nitrogen and oxygen atoms in total. The van der Waals surface area contributed by atoms with Gasteiger partial charge < -0.3 is 5.73 Å². The first-order valence-corrected chi connectivity index (χ1v) is 7.38. The van der Waals surface area contributed by atoms with Crippen molar-refractivity contribution in [3.05, 3.63) is 33.9 Å². The van der Waals surface area contributed by atoms with Crippen LogP contribution < -0.4 is 5.73 Å². The zero-order valence-electron chi connectivity index (χ0n) is 12.0. The molecule has 0 amide bonds. The fraction of sp³-hybridized carbons (Fsp3) is 0.600. The van der Waals surface area contributed by atoms with Crippen LogP contribution in [-0.4, -0.2) is 22.4 Å². The second-order valence-electron chi connectivity index (χ2n) is 5.52. The zero-order chi connectivity index (χ0) is 14.5. The molecule has 0 aromatic heterocycles. The molecule has 0 spiro atoms. The van der Waals surface area contributed by atoms with Gasteiger partial charge in [-0.2, -0.15) is 0 Å². The van der Waals surface area contributed by atoms with E-state index in [2.05, 4.69) is 11.8 Å². The summed E-state index contributed by atoms with van der Waals surface area (Å²) < 4.78 is 0. The van der Waals surface area contributed by atoms with Crippen molar-refractivity contribution in [2.75, 3.05) is 12.3 Å². The molecule has 1 aliphatic rings. The van der Waals surface area contributed by atoms with Gasteiger partial charge in [0.2, 0.25) is 0 Å². The molecular weight excluding hydrogens is 254 g/mol. The van der Waals surface area contributed by atoms with E-state index in [1.807, 2.05) is 0 Å². The SMILES string of the molecule is CCC1CCCCCN1Cc1cc([N+](=O)[O-])ccc1N. The molecule has 0 radical (unpaired) electrons. The quantitative estimate of drug-likeness (QED) is 0.520. The Kier molecular flexibility index (Phi) is 4.95. The summed E-state index contributed by atoms with van der Waals surface area (Å²) in [5, 5.41) is 10.9. The van der Waals surface area contributed by atoms with Crippen molar-refractivity contribution < 1.29 is 4.92 Å². The van der Waals surface area contributed by atoms with Crippen molar-refractivity contribution in [2.45, 2.75) is 51.6 Å². The third-order valence-corrected chi connectivity index (χ3v) is 4.18. The number of nitrogens with zero attached hydrogens (tertiary/aromatic N) is 2. The smallest absolute Gasteiger partial charge is 0.269 e. The van der Waals surface area contributed by atoms with Gasteiger partial charge in [0.1, 0.15) is 0 Å². The highest BCUT2D eigenvalue weighted by molar-refractivity contribution is 5.52. The van der Waals surface area contributed by atoms with Crippen LogP contribution in [0.15, 0.2) is 18.2 Å². The first kappa shape index (κ1) is 14.8. The number of nitro groups is 1. The third kappa shape index (κ3) is 3.48. The van der Waals surface area contributed by atoms with Crippen molar-refractivity contribution in [1.29, 1.82) is 0 Å². The van der Waals surface area contributed by atoms with E-state index in [0.29, 0.717) is 18.3 Å². The van der Waals surface area contributed by atoms with Crippen LogP contribution in [0.25, 0.3) is 0 Å². The normalized spacial score (nSPS) is 20.6. The number of hydrogen-bond donors (Lipinski definition) is 1. The lowest BCUT2D eigenvalue weighted by atomic mass is 10.1. The third-order valence-electron chi connectivity index (χ3n) is 4.18. The average Bonchev–Trinajstić information content (AvgIpc) is 2.66. The molecule has 0 saturated carbocycles. The predicted octanol–water partition coefficient (Wildman–Crippen LogP) is 3.33. The van der Waals surface area contributed by atoms with Gasteiger partial charge in [-0.05, 0) is 37.4 Å². The van der Waals surface area contributed by atoms with E-state index in [1.54, 1.807) is 12.1 Å². The van der Waals surface area contributed by atoms with Crippen LogP contribution in [0.3, 0.4) is 0 Å². The number of benzene rings is 1. The number of nitrogen functional groups attached to an aromatic ring is 1. The molecule has 1 aromatic carbocycles. The number of anilines is 1. The van der Waals surface area contributed by atoms with Crippen molar-refractivity contribution in [2.24, 2.45) is 0 Å². The van der Waals surface area contributed by atoms with Gasteiger partial charge in [0.25, 0.3) is 5.69 Å². The van der Waals surface area contributed by atoms with Gasteiger partial charge >= 0.3 is 0 Å². The van der Waals surface area contributed by atoms with Crippen LogP contribution in [0.1, 0.15) is 44.6 Å². The van der Waals surface area contributed by atoms with Crippen molar-refractivity contribution in [1.82, 2.24) is 4.90 Å². The highest BCUT2D eigenvalue weighted by Crippen LogP contribution is 2.25. The maximum atomic E-state index is 10.9. The van der Waals surface area contributed by atoms with Crippen LogP contribution in [0, 0.1) is 10.1 Å². The Morgan fingerprint density at radius 3 is 2.90 bits per heavy atom. The number of hydrogen-bond acceptors (Lipinski definition) is 4. The lowest BCUT2D eigenvalue weighted by molar-refractivity contribution is -0.384. The molecule has 1 saturated heterocycles. The number of non-ortho nitro benzene ring substituents is 1. The molecule has 2 rings (SSSR count). The van der Waals surface area contributed by atoms with Crippen LogP contribution in [-0.2, 0) is 6.54 Å². The minimum absolute atomic E-state index is 0.122. The summed E-state index contributed by atoms with van der Waals surface area (Å²) in [7, 11) is 0. The highest BCUT2D eigenvalue weighted by Gasteiger charge is 2.21. The Labute approximate surface area is 119 Å². The molecule has 1 unspecified atom stereocenters. The lowest BCUT2D eigenvalue weighted by Gasteiger charge is -2.29. The van der Waals surface area contributed by atoms with Crippen molar-refractivity contribution in [3.63, 3.8) is 0 Å². The monoisotopic (exact) mass is 277 g/mol. The molecule has 110 valence electrons. The summed E-state index contributed by atoms with van der Waals surface area (Å²) in [6, 6.07) is 5.30. The van der Waals surface area contributed by atoms with Gasteiger partial charge in [-0.25, -0.2) is 0 Å². The zero-order valence-corrected chi connectivity index (χ0v) is 12.0. The average molecular weight is 277 g/mol. The second-order valence-corrected chi connectivity index (χ2v) is 5.52. The van der Waals surface area contributed by atoms with E-state index in [1.165, 1.54) is 31.7 Å². The summed E-state index contributed by atoms with van der Waals surface area (Å²) >= 11 is 0. The van der Waals surface area contributed by atoms with E-state index in [0.717, 1.165) is 18.5 Å². The predicted molar refractivity (Wildman–Crippen MR) is 80.5 cm³/mol. The van der Waals surface area contributed by atoms with Gasteiger partial charge in [0.15, 0.2) is 0 Å². The van der Waals surface area contributed by atoms with Crippen LogP contribution in [0.2, 0.25) is 0 Å². The molecule has 0 bridgehead atoms. The first-order chi connectivity index (χ1) is 9.61. The summed E-state index contributed by atoms with van der Waals surface area (Å²) in [5.41, 5.74) is 7.63. The van der Waals surface area contributed by atoms with Crippen LogP contribution in [0.4, 0.5) is 11.4 Å². The Bertz CT molecular complexity index is 476. The van der Waals surface area contributed by atoms with E-state index >= 15 is 0 Å². The van der Waals surface area contributed by atoms with E-state index in [9.17, 15) is 10.1 Å². The summed E-state index contributed by atoms with van der Waals surface area (Å²) in [4.78, 5) is 13.0. The molecule has 1 aliphatic heterocycles. The molecule has 2 N–H and O–H groups in total. The fourth-order valence-electron chi connectivity index (χ4n) is 2.97. The van der Waals surface area contributed by atoms with Crippen LogP contribution >= 0.6 is 0 Å². The largest absolute Gasteiger partial charge is 0.398 e. The van der Waals surface area contributed by atoms with Gasteiger partial charge in [-0.15, -0.1) is 0 Å². The van der Waals surface area contributed by atoms with Crippen LogP contribution in [0.5, 0.6) is 0 Å². The molecule has 1 heterocycles. The number of likely N-dealkylation sites (tertiary alicyclic amines) is 1. The maximum Gasteiger partial charge on any atom is 0.269 e. The van der Waals surface area contributed by atoms with E-state index < -0.39 is 0 Å². The number of nitrogens with two attached hydrogens (primary N) is 1. The number of nitro benzene ring substituents is 1. The second kappa shape index (κ2) is 6.70. The standard InChI is InChI=1S/C15H23N3O2/c1-2-13-6-4-3-5-9-17(13)11-12-10-14(18(19)20)7-8-15(12)16/h7-8,10,13H,2-6,9,11,16H2,1H3. The Balaban J connectivity index is 2.18. The molecule has 20 heavy (non-hydrogen) atoms. The molecule has 1 fully saturated rings. The van der Waals surface area contributed by atoms with E-state index in [4.69, 9.17) is 5.73 Å².